The molecular weight excluding hydrogens is 298 g/mol. The van der Waals surface area contributed by atoms with Gasteiger partial charge in [-0.1, -0.05) is 19.1 Å². The topological polar surface area (TPSA) is 46.3 Å². The summed E-state index contributed by atoms with van der Waals surface area (Å²) in [6.45, 7) is 2.05. The Morgan fingerprint density at radius 3 is 2.17 bits per heavy atom. The lowest BCUT2D eigenvalue weighted by molar-refractivity contribution is -0.119. The van der Waals surface area contributed by atoms with Crippen LogP contribution in [0.15, 0.2) is 42.5 Å². The van der Waals surface area contributed by atoms with Crippen LogP contribution >= 0.6 is 0 Å². The van der Waals surface area contributed by atoms with E-state index in [1.165, 1.54) is 22.6 Å². The maximum Gasteiger partial charge on any atom is 0.243 e. The third-order valence-corrected chi connectivity index (χ3v) is 3.76. The van der Waals surface area contributed by atoms with E-state index in [9.17, 15) is 13.6 Å². The second-order valence-electron chi connectivity index (χ2n) is 5.51. The molecule has 1 atom stereocenters. The number of aryl methyl sites for hydroxylation is 1. The molecule has 0 saturated heterocycles. The molecule has 2 rings (SSSR count). The van der Waals surface area contributed by atoms with Gasteiger partial charge in [0.15, 0.2) is 0 Å². The van der Waals surface area contributed by atoms with Gasteiger partial charge < -0.3 is 10.6 Å². The highest BCUT2D eigenvalue weighted by molar-refractivity contribution is 5.96. The highest BCUT2D eigenvalue weighted by atomic mass is 19.1. The molecule has 0 saturated carbocycles. The van der Waals surface area contributed by atoms with Crippen molar-refractivity contribution in [1.82, 2.24) is 0 Å². The van der Waals surface area contributed by atoms with Crippen molar-refractivity contribution in [3.05, 3.63) is 65.2 Å². The number of benzene rings is 2. The Morgan fingerprint density at radius 1 is 1.09 bits per heavy atom. The van der Waals surface area contributed by atoms with Crippen molar-refractivity contribution < 1.29 is 13.6 Å². The highest BCUT2D eigenvalue weighted by Gasteiger charge is 2.20. The number of amides is 1. The first-order valence-electron chi connectivity index (χ1n) is 7.47. The molecule has 0 heterocycles. The van der Waals surface area contributed by atoms with Crippen LogP contribution < -0.4 is 10.6 Å². The molecule has 23 heavy (non-hydrogen) atoms. The minimum Gasteiger partial charge on any atom is -0.320 e. The molecular formula is C18H20F2N2O. The summed E-state index contributed by atoms with van der Waals surface area (Å²) in [4.78, 5) is 13.8. The van der Waals surface area contributed by atoms with E-state index >= 15 is 0 Å². The lowest BCUT2D eigenvalue weighted by Gasteiger charge is -2.22. The summed E-state index contributed by atoms with van der Waals surface area (Å²) in [6, 6.07) is 9.90. The number of halogens is 2. The lowest BCUT2D eigenvalue weighted by Crippen LogP contribution is -2.43. The Balaban J connectivity index is 2.08. The van der Waals surface area contributed by atoms with Gasteiger partial charge in [0.05, 0.1) is 6.04 Å². The predicted molar refractivity (Wildman–Crippen MR) is 87.3 cm³/mol. The molecule has 2 aromatic carbocycles. The Labute approximate surface area is 134 Å². The predicted octanol–water partition coefficient (Wildman–Crippen LogP) is 3.06. The van der Waals surface area contributed by atoms with E-state index in [-0.39, 0.29) is 12.3 Å². The van der Waals surface area contributed by atoms with Gasteiger partial charge in [-0.15, -0.1) is 0 Å². The molecule has 0 fully saturated rings. The summed E-state index contributed by atoms with van der Waals surface area (Å²) < 4.78 is 26.4. The number of rotatable bonds is 5. The van der Waals surface area contributed by atoms with Gasteiger partial charge in [-0.2, -0.15) is 0 Å². The highest BCUT2D eigenvalue weighted by Crippen LogP contribution is 2.16. The summed E-state index contributed by atoms with van der Waals surface area (Å²) in [5, 5.41) is 0. The van der Waals surface area contributed by atoms with E-state index in [0.29, 0.717) is 5.56 Å². The number of hydrogen-bond acceptors (Lipinski definition) is 2. The van der Waals surface area contributed by atoms with Crippen molar-refractivity contribution in [1.29, 1.82) is 0 Å². The lowest BCUT2D eigenvalue weighted by atomic mass is 10.0. The van der Waals surface area contributed by atoms with Crippen molar-refractivity contribution in [3.63, 3.8) is 0 Å². The third kappa shape index (κ3) is 4.36. The average Bonchev–Trinajstić information content (AvgIpc) is 2.52. The van der Waals surface area contributed by atoms with E-state index in [1.807, 2.05) is 24.3 Å². The number of carbonyl (C=O) groups excluding carboxylic acids is 1. The molecule has 5 heteroatoms. The Kier molecular flexibility index (Phi) is 5.45. The summed E-state index contributed by atoms with van der Waals surface area (Å²) in [6.07, 6.45) is 0.994. The number of nitrogens with two attached hydrogens (primary N) is 1. The van der Waals surface area contributed by atoms with Crippen LogP contribution in [0.4, 0.5) is 14.5 Å². The van der Waals surface area contributed by atoms with Crippen LogP contribution in [-0.2, 0) is 17.6 Å². The molecule has 122 valence electrons. The van der Waals surface area contributed by atoms with Crippen LogP contribution in [0.2, 0.25) is 0 Å². The van der Waals surface area contributed by atoms with Gasteiger partial charge in [0.1, 0.15) is 11.6 Å². The zero-order valence-corrected chi connectivity index (χ0v) is 13.2. The van der Waals surface area contributed by atoms with Crippen molar-refractivity contribution in [2.24, 2.45) is 5.73 Å². The monoisotopic (exact) mass is 318 g/mol. The fourth-order valence-corrected chi connectivity index (χ4v) is 2.40. The van der Waals surface area contributed by atoms with Gasteiger partial charge in [-0.05, 0) is 48.2 Å². The molecule has 0 aliphatic carbocycles. The molecule has 0 bridgehead atoms. The normalized spacial score (nSPS) is 12.0. The second-order valence-corrected chi connectivity index (χ2v) is 5.51. The number of hydrogen-bond donors (Lipinski definition) is 1. The van der Waals surface area contributed by atoms with E-state index in [0.717, 1.165) is 18.2 Å². The van der Waals surface area contributed by atoms with Gasteiger partial charge in [0, 0.05) is 18.8 Å². The average molecular weight is 318 g/mol. The Morgan fingerprint density at radius 2 is 1.65 bits per heavy atom. The van der Waals surface area contributed by atoms with Crippen LogP contribution in [0.25, 0.3) is 0 Å². The third-order valence-electron chi connectivity index (χ3n) is 3.76. The van der Waals surface area contributed by atoms with Gasteiger partial charge in [-0.3, -0.25) is 4.79 Å². The zero-order valence-electron chi connectivity index (χ0n) is 13.2. The molecule has 0 aromatic heterocycles. The smallest absolute Gasteiger partial charge is 0.243 e. The minimum atomic E-state index is -0.868. The van der Waals surface area contributed by atoms with E-state index in [4.69, 9.17) is 5.73 Å². The van der Waals surface area contributed by atoms with Crippen LogP contribution in [0.5, 0.6) is 0 Å². The molecule has 3 nitrogen and oxygen atoms in total. The number of nitrogens with zero attached hydrogens (tertiary/aromatic N) is 1. The summed E-state index contributed by atoms with van der Waals surface area (Å²) in [7, 11) is 1.63. The first-order valence-corrected chi connectivity index (χ1v) is 7.47. The summed E-state index contributed by atoms with van der Waals surface area (Å²) >= 11 is 0. The second kappa shape index (κ2) is 7.33. The van der Waals surface area contributed by atoms with Crippen molar-refractivity contribution in [3.8, 4) is 0 Å². The maximum atomic E-state index is 13.2. The summed E-state index contributed by atoms with van der Waals surface area (Å²) in [5.41, 5.74) is 8.17. The van der Waals surface area contributed by atoms with Crippen molar-refractivity contribution >= 4 is 11.6 Å². The quantitative estimate of drug-likeness (QED) is 0.921. The number of anilines is 1. The molecule has 2 aromatic rings. The number of likely N-dealkylation sites (N-methyl/N-ethyl adjacent to an activating group) is 1. The van der Waals surface area contributed by atoms with Gasteiger partial charge in [0.2, 0.25) is 5.91 Å². The number of carbonyl (C=O) groups is 1. The molecule has 0 aliphatic rings. The van der Waals surface area contributed by atoms with E-state index in [2.05, 4.69) is 6.92 Å². The minimum absolute atomic E-state index is 0.0743. The largest absolute Gasteiger partial charge is 0.320 e. The van der Waals surface area contributed by atoms with E-state index in [1.54, 1.807) is 7.05 Å². The molecule has 0 radical (unpaired) electrons. The Bertz CT molecular complexity index is 666. The van der Waals surface area contributed by atoms with E-state index < -0.39 is 17.7 Å². The molecule has 2 N–H and O–H groups in total. The first kappa shape index (κ1) is 17.1. The standard InChI is InChI=1S/C18H20F2N2O/c1-3-12-4-6-16(7-5-12)22(2)18(23)17(21)10-13-8-14(19)11-15(20)9-13/h4-9,11,17H,3,10,21H2,1-2H3/t17-/m0/s1. The van der Waals surface area contributed by atoms with Gasteiger partial charge >= 0.3 is 0 Å². The fraction of sp³-hybridized carbons (Fsp3) is 0.278. The van der Waals surface area contributed by atoms with Crippen molar-refractivity contribution in [2.75, 3.05) is 11.9 Å². The molecule has 0 aliphatic heterocycles. The van der Waals surface area contributed by atoms with Crippen molar-refractivity contribution in [2.45, 2.75) is 25.8 Å². The van der Waals surface area contributed by atoms with Crippen LogP contribution in [0.1, 0.15) is 18.1 Å². The van der Waals surface area contributed by atoms with Crippen LogP contribution in [0.3, 0.4) is 0 Å². The van der Waals surface area contributed by atoms with Gasteiger partial charge in [0.25, 0.3) is 0 Å². The zero-order chi connectivity index (χ0) is 17.0. The molecule has 0 spiro atoms. The molecule has 0 unspecified atom stereocenters. The fourth-order valence-electron chi connectivity index (χ4n) is 2.40. The Hall–Kier alpha value is -2.27. The summed E-state index contributed by atoms with van der Waals surface area (Å²) in [5.74, 6) is -1.66. The first-order chi connectivity index (χ1) is 10.9. The van der Waals surface area contributed by atoms with Gasteiger partial charge in [-0.25, -0.2) is 8.78 Å². The SMILES string of the molecule is CCc1ccc(N(C)C(=O)[C@@H](N)Cc2cc(F)cc(F)c2)cc1. The molecule has 1 amide bonds. The van der Waals surface area contributed by atoms with Crippen LogP contribution in [0, 0.1) is 11.6 Å². The van der Waals surface area contributed by atoms with Crippen LogP contribution in [-0.4, -0.2) is 19.0 Å². The maximum absolute atomic E-state index is 13.2.